The summed E-state index contributed by atoms with van der Waals surface area (Å²) in [5.74, 6) is 1.75. The van der Waals surface area contributed by atoms with Gasteiger partial charge in [-0.2, -0.15) is 11.8 Å². The summed E-state index contributed by atoms with van der Waals surface area (Å²) in [6, 6.07) is 7.65. The summed E-state index contributed by atoms with van der Waals surface area (Å²) in [6.07, 6.45) is 0. The number of amides is 1. The van der Waals surface area contributed by atoms with Crippen molar-refractivity contribution in [1.29, 1.82) is 0 Å². The van der Waals surface area contributed by atoms with Crippen LogP contribution in [0.15, 0.2) is 24.3 Å². The van der Waals surface area contributed by atoms with Crippen molar-refractivity contribution in [2.75, 3.05) is 29.9 Å². The molecule has 1 aliphatic rings. The molecule has 26 heavy (non-hydrogen) atoms. The van der Waals surface area contributed by atoms with E-state index in [1.165, 1.54) is 0 Å². The predicted octanol–water partition coefficient (Wildman–Crippen LogP) is 5.50. The molecule has 0 spiro atoms. The number of carbonyl (C=O) groups is 1. The maximum atomic E-state index is 12.7. The fourth-order valence-corrected chi connectivity index (χ4v) is 4.39. The molecular weight excluding hydrogens is 436 g/mol. The van der Waals surface area contributed by atoms with Crippen molar-refractivity contribution in [2.45, 2.75) is 6.54 Å². The predicted molar refractivity (Wildman–Crippen MR) is 111 cm³/mol. The normalized spacial score (nSPS) is 15.1. The molecule has 0 radical (unpaired) electrons. The van der Waals surface area contributed by atoms with Crippen LogP contribution in [0.4, 0.5) is 5.69 Å². The minimum atomic E-state index is -0.489. The molecule has 2 heterocycles. The van der Waals surface area contributed by atoms with Crippen molar-refractivity contribution in [3.8, 4) is 0 Å². The van der Waals surface area contributed by atoms with Crippen LogP contribution in [0.5, 0.6) is 0 Å². The molecule has 1 amide bonds. The highest BCUT2D eigenvalue weighted by Gasteiger charge is 2.21. The molecule has 1 aromatic heterocycles. The second-order valence-corrected chi connectivity index (χ2v) is 8.41. The first-order valence-corrected chi connectivity index (χ1v) is 10.5. The number of benzene rings is 1. The van der Waals surface area contributed by atoms with Gasteiger partial charge < -0.3 is 5.32 Å². The first-order valence-electron chi connectivity index (χ1n) is 7.86. The number of hydrogen-bond acceptors (Lipinski definition) is 4. The molecule has 2 aromatic rings. The molecule has 4 nitrogen and oxygen atoms in total. The van der Waals surface area contributed by atoms with Crippen LogP contribution in [-0.4, -0.2) is 40.4 Å². The first-order chi connectivity index (χ1) is 12.5. The Morgan fingerprint density at radius 2 is 1.77 bits per heavy atom. The molecule has 1 N–H and O–H groups in total. The summed E-state index contributed by atoms with van der Waals surface area (Å²) >= 11 is 25.9. The van der Waals surface area contributed by atoms with E-state index in [2.05, 4.69) is 15.2 Å². The van der Waals surface area contributed by atoms with Crippen molar-refractivity contribution in [1.82, 2.24) is 9.88 Å². The van der Waals surface area contributed by atoms with Crippen LogP contribution in [0.3, 0.4) is 0 Å². The van der Waals surface area contributed by atoms with Gasteiger partial charge in [-0.3, -0.25) is 9.69 Å². The van der Waals surface area contributed by atoms with E-state index in [1.54, 1.807) is 0 Å². The Morgan fingerprint density at radius 3 is 2.50 bits per heavy atom. The van der Waals surface area contributed by atoms with E-state index in [0.29, 0.717) is 5.69 Å². The average Bonchev–Trinajstić information content (AvgIpc) is 2.65. The van der Waals surface area contributed by atoms with Gasteiger partial charge in [-0.1, -0.05) is 64.6 Å². The van der Waals surface area contributed by atoms with Gasteiger partial charge in [-0.05, 0) is 11.6 Å². The number of pyridine rings is 1. The highest BCUT2D eigenvalue weighted by Crippen LogP contribution is 2.36. The van der Waals surface area contributed by atoms with Crippen molar-refractivity contribution in [3.05, 3.63) is 55.7 Å². The number of nitrogens with one attached hydrogen (secondary N) is 1. The van der Waals surface area contributed by atoms with E-state index in [4.69, 9.17) is 46.4 Å². The fourth-order valence-electron chi connectivity index (χ4n) is 2.60. The third kappa shape index (κ3) is 4.58. The molecule has 0 aliphatic carbocycles. The van der Waals surface area contributed by atoms with Crippen LogP contribution in [0.25, 0.3) is 0 Å². The minimum Gasteiger partial charge on any atom is -0.320 e. The Hall–Kier alpha value is -0.690. The maximum Gasteiger partial charge on any atom is 0.275 e. The second kappa shape index (κ2) is 9.00. The lowest BCUT2D eigenvalue weighted by atomic mass is 10.1. The van der Waals surface area contributed by atoms with Crippen molar-refractivity contribution < 1.29 is 4.79 Å². The van der Waals surface area contributed by atoms with Gasteiger partial charge in [0.2, 0.25) is 0 Å². The van der Waals surface area contributed by atoms with E-state index in [-0.39, 0.29) is 25.9 Å². The summed E-state index contributed by atoms with van der Waals surface area (Å²) in [6.45, 7) is 2.83. The molecule has 1 fully saturated rings. The zero-order valence-corrected chi connectivity index (χ0v) is 17.4. The molecule has 0 saturated carbocycles. The topological polar surface area (TPSA) is 45.2 Å². The molecule has 0 bridgehead atoms. The number of anilines is 1. The summed E-state index contributed by atoms with van der Waals surface area (Å²) in [7, 11) is 0. The number of para-hydroxylation sites is 1. The lowest BCUT2D eigenvalue weighted by Gasteiger charge is -2.27. The summed E-state index contributed by atoms with van der Waals surface area (Å²) in [4.78, 5) is 19.0. The molecule has 1 saturated heterocycles. The van der Waals surface area contributed by atoms with Crippen LogP contribution < -0.4 is 5.32 Å². The molecule has 0 atom stereocenters. The number of halogens is 4. The summed E-state index contributed by atoms with van der Waals surface area (Å²) in [5.41, 5.74) is 1.67. The van der Waals surface area contributed by atoms with Gasteiger partial charge in [-0.25, -0.2) is 4.98 Å². The molecular formula is C17H15Cl4N3OS. The largest absolute Gasteiger partial charge is 0.320 e. The number of nitrogens with zero attached hydrogens (tertiary/aromatic N) is 2. The maximum absolute atomic E-state index is 12.7. The molecule has 1 aliphatic heterocycles. The number of rotatable bonds is 4. The van der Waals surface area contributed by atoms with Crippen molar-refractivity contribution in [2.24, 2.45) is 0 Å². The molecule has 0 unspecified atom stereocenters. The Kier molecular flexibility index (Phi) is 6.94. The lowest BCUT2D eigenvalue weighted by molar-refractivity contribution is 0.102. The first kappa shape index (κ1) is 20.1. The van der Waals surface area contributed by atoms with Gasteiger partial charge >= 0.3 is 0 Å². The van der Waals surface area contributed by atoms with Gasteiger partial charge in [0.25, 0.3) is 5.91 Å². The summed E-state index contributed by atoms with van der Waals surface area (Å²) < 4.78 is 0. The smallest absolute Gasteiger partial charge is 0.275 e. The third-order valence-corrected chi connectivity index (χ3v) is 6.58. The van der Waals surface area contributed by atoms with Crippen molar-refractivity contribution >= 4 is 69.8 Å². The fraction of sp³-hybridized carbons (Fsp3) is 0.294. The van der Waals surface area contributed by atoms with Crippen LogP contribution >= 0.6 is 58.2 Å². The van der Waals surface area contributed by atoms with Gasteiger partial charge in [0.05, 0.1) is 15.1 Å². The van der Waals surface area contributed by atoms with E-state index in [9.17, 15) is 4.79 Å². The van der Waals surface area contributed by atoms with E-state index < -0.39 is 5.91 Å². The Morgan fingerprint density at radius 1 is 1.08 bits per heavy atom. The second-order valence-electron chi connectivity index (χ2n) is 5.69. The van der Waals surface area contributed by atoms with Gasteiger partial charge in [0.1, 0.15) is 10.8 Å². The molecule has 3 rings (SSSR count). The standard InChI is InChI=1S/C17H15Cl4N3OS/c18-12-13(19)15(23-16(21)14(12)20)17(25)22-11-4-2-1-3-10(11)9-24-5-7-26-8-6-24/h1-4H,5-9H2,(H,22,25). The third-order valence-electron chi connectivity index (χ3n) is 3.96. The van der Waals surface area contributed by atoms with Gasteiger partial charge in [0, 0.05) is 36.8 Å². The van der Waals surface area contributed by atoms with Crippen LogP contribution in [0.2, 0.25) is 20.2 Å². The zero-order chi connectivity index (χ0) is 18.7. The van der Waals surface area contributed by atoms with Crippen molar-refractivity contribution in [3.63, 3.8) is 0 Å². The molecule has 9 heteroatoms. The Labute approximate surface area is 176 Å². The Bertz CT molecular complexity index is 828. The number of carbonyl (C=O) groups excluding carboxylic acids is 1. The SMILES string of the molecule is O=C(Nc1ccccc1CN1CCSCC1)c1nc(Cl)c(Cl)c(Cl)c1Cl. The zero-order valence-electron chi connectivity index (χ0n) is 13.6. The minimum absolute atomic E-state index is 0.0117. The van der Waals surface area contributed by atoms with Gasteiger partial charge in [0.15, 0.2) is 0 Å². The van der Waals surface area contributed by atoms with E-state index >= 15 is 0 Å². The Balaban J connectivity index is 1.82. The van der Waals surface area contributed by atoms with Gasteiger partial charge in [-0.15, -0.1) is 0 Å². The number of aromatic nitrogens is 1. The van der Waals surface area contributed by atoms with Crippen LogP contribution in [0, 0.1) is 0 Å². The number of hydrogen-bond donors (Lipinski definition) is 1. The average molecular weight is 451 g/mol. The van der Waals surface area contributed by atoms with Crippen LogP contribution in [-0.2, 0) is 6.54 Å². The molecule has 1 aromatic carbocycles. The van der Waals surface area contributed by atoms with E-state index in [0.717, 1.165) is 36.7 Å². The number of thioether (sulfide) groups is 1. The highest BCUT2D eigenvalue weighted by atomic mass is 35.5. The monoisotopic (exact) mass is 449 g/mol. The summed E-state index contributed by atoms with van der Waals surface area (Å²) in [5, 5.41) is 2.80. The van der Waals surface area contributed by atoms with Crippen LogP contribution in [0.1, 0.15) is 16.1 Å². The lowest BCUT2D eigenvalue weighted by Crippen LogP contribution is -2.32. The molecule has 138 valence electrons. The highest BCUT2D eigenvalue weighted by molar-refractivity contribution is 7.99. The van der Waals surface area contributed by atoms with E-state index in [1.807, 2.05) is 36.0 Å². The quantitative estimate of drug-likeness (QED) is 0.625.